The number of nitrogens with one attached hydrogen (secondary N) is 1. The summed E-state index contributed by atoms with van der Waals surface area (Å²) in [6.07, 6.45) is -3.70. The molecule has 134 valence electrons. The standard InChI is InChI=1S/C17H17F3N2O2S/c1-11-8-12(2)16(13(3)9-11)25(23,24)22-21-10-14-6-4-5-7-15(14)17(18,19)20/h4-10,22H,1-3H3/b21-10+. The zero-order chi connectivity index (χ0) is 18.8. The number of benzene rings is 2. The Morgan fingerprint density at radius 3 is 2.16 bits per heavy atom. The highest BCUT2D eigenvalue weighted by Gasteiger charge is 2.32. The molecule has 0 saturated heterocycles. The van der Waals surface area contributed by atoms with Gasteiger partial charge in [-0.05, 0) is 38.0 Å². The monoisotopic (exact) mass is 370 g/mol. The lowest BCUT2D eigenvalue weighted by Crippen LogP contribution is -2.21. The molecule has 8 heteroatoms. The van der Waals surface area contributed by atoms with Gasteiger partial charge in [-0.3, -0.25) is 0 Å². The molecule has 0 aliphatic carbocycles. The van der Waals surface area contributed by atoms with Crippen molar-refractivity contribution in [2.24, 2.45) is 5.10 Å². The number of aryl methyl sites for hydroxylation is 3. The molecule has 0 saturated carbocycles. The fourth-order valence-electron chi connectivity index (χ4n) is 2.67. The maximum absolute atomic E-state index is 12.9. The first-order valence-electron chi connectivity index (χ1n) is 7.31. The largest absolute Gasteiger partial charge is 0.417 e. The minimum absolute atomic E-state index is 0.0688. The van der Waals surface area contributed by atoms with E-state index in [1.54, 1.807) is 26.0 Å². The second kappa shape index (κ2) is 6.87. The first kappa shape index (κ1) is 19.0. The van der Waals surface area contributed by atoms with Gasteiger partial charge in [-0.2, -0.15) is 26.7 Å². The number of hydrogen-bond acceptors (Lipinski definition) is 3. The van der Waals surface area contributed by atoms with Gasteiger partial charge in [0.05, 0.1) is 16.7 Å². The van der Waals surface area contributed by atoms with Crippen LogP contribution in [0.4, 0.5) is 13.2 Å². The second-order valence-electron chi connectivity index (χ2n) is 5.67. The smallest absolute Gasteiger partial charge is 0.200 e. The maximum Gasteiger partial charge on any atom is 0.417 e. The minimum atomic E-state index is -4.55. The van der Waals surface area contributed by atoms with Gasteiger partial charge in [-0.25, -0.2) is 4.83 Å². The first-order chi connectivity index (χ1) is 11.5. The lowest BCUT2D eigenvalue weighted by molar-refractivity contribution is -0.137. The highest BCUT2D eigenvalue weighted by molar-refractivity contribution is 7.89. The van der Waals surface area contributed by atoms with E-state index in [9.17, 15) is 21.6 Å². The summed E-state index contributed by atoms with van der Waals surface area (Å²) < 4.78 is 63.6. The average Bonchev–Trinajstić information content (AvgIpc) is 2.44. The molecule has 0 unspecified atom stereocenters. The molecule has 0 bridgehead atoms. The van der Waals surface area contributed by atoms with Crippen molar-refractivity contribution in [3.63, 3.8) is 0 Å². The summed E-state index contributed by atoms with van der Waals surface area (Å²) in [5.41, 5.74) is 0.874. The Kier molecular flexibility index (Phi) is 5.22. The SMILES string of the molecule is Cc1cc(C)c(S(=O)(=O)N/N=C/c2ccccc2C(F)(F)F)c(C)c1. The summed E-state index contributed by atoms with van der Waals surface area (Å²) >= 11 is 0. The van der Waals surface area contributed by atoms with Crippen molar-refractivity contribution >= 4 is 16.2 Å². The number of alkyl halides is 3. The van der Waals surface area contributed by atoms with Crippen molar-refractivity contribution in [2.45, 2.75) is 31.8 Å². The van der Waals surface area contributed by atoms with Crippen molar-refractivity contribution in [1.29, 1.82) is 0 Å². The highest BCUT2D eigenvalue weighted by Crippen LogP contribution is 2.31. The summed E-state index contributed by atoms with van der Waals surface area (Å²) in [5, 5.41) is 3.51. The summed E-state index contributed by atoms with van der Waals surface area (Å²) in [7, 11) is -3.99. The fourth-order valence-corrected chi connectivity index (χ4v) is 3.92. The van der Waals surface area contributed by atoms with Crippen molar-refractivity contribution in [3.05, 3.63) is 64.2 Å². The number of sulfonamides is 1. The molecule has 2 aromatic carbocycles. The molecule has 0 radical (unpaired) electrons. The van der Waals surface area contributed by atoms with Gasteiger partial charge >= 0.3 is 6.18 Å². The van der Waals surface area contributed by atoms with Gasteiger partial charge in [-0.15, -0.1) is 0 Å². The molecule has 0 amide bonds. The Morgan fingerprint density at radius 2 is 1.60 bits per heavy atom. The van der Waals surface area contributed by atoms with E-state index in [1.165, 1.54) is 18.2 Å². The normalized spacial score (nSPS) is 12.6. The predicted octanol–water partition coefficient (Wildman–Crippen LogP) is 3.94. The average molecular weight is 370 g/mol. The van der Waals surface area contributed by atoms with Gasteiger partial charge in [0, 0.05) is 5.56 Å². The maximum atomic E-state index is 12.9. The van der Waals surface area contributed by atoms with Crippen molar-refractivity contribution in [1.82, 2.24) is 4.83 Å². The van der Waals surface area contributed by atoms with Crippen LogP contribution in [0.15, 0.2) is 46.4 Å². The van der Waals surface area contributed by atoms with Gasteiger partial charge in [0.25, 0.3) is 10.0 Å². The number of hydrazone groups is 1. The van der Waals surface area contributed by atoms with Gasteiger partial charge in [0.1, 0.15) is 0 Å². The molecule has 0 aromatic heterocycles. The number of nitrogens with zero attached hydrogens (tertiary/aromatic N) is 1. The van der Waals surface area contributed by atoms with Crippen LogP contribution in [0.5, 0.6) is 0 Å². The van der Waals surface area contributed by atoms with Crippen LogP contribution in [0.1, 0.15) is 27.8 Å². The summed E-state index contributed by atoms with van der Waals surface area (Å²) in [4.78, 5) is 2.05. The van der Waals surface area contributed by atoms with Crippen molar-refractivity contribution in [2.75, 3.05) is 0 Å². The minimum Gasteiger partial charge on any atom is -0.200 e. The van der Waals surface area contributed by atoms with E-state index in [4.69, 9.17) is 0 Å². The molecule has 1 N–H and O–H groups in total. The fraction of sp³-hybridized carbons (Fsp3) is 0.235. The topological polar surface area (TPSA) is 58.5 Å². The molecule has 4 nitrogen and oxygen atoms in total. The first-order valence-corrected chi connectivity index (χ1v) is 8.79. The van der Waals surface area contributed by atoms with Crippen molar-refractivity contribution < 1.29 is 21.6 Å². The third kappa shape index (κ3) is 4.39. The van der Waals surface area contributed by atoms with Gasteiger partial charge < -0.3 is 0 Å². The van der Waals surface area contributed by atoms with E-state index in [2.05, 4.69) is 5.10 Å². The van der Waals surface area contributed by atoms with Gasteiger partial charge in [0.2, 0.25) is 0 Å². The zero-order valence-electron chi connectivity index (χ0n) is 13.8. The van der Waals surface area contributed by atoms with E-state index in [0.717, 1.165) is 17.8 Å². The Morgan fingerprint density at radius 1 is 1.04 bits per heavy atom. The lowest BCUT2D eigenvalue weighted by atomic mass is 10.1. The molecule has 2 rings (SSSR count). The molecular formula is C17H17F3N2O2S. The number of halogens is 3. The number of rotatable bonds is 4. The Balaban J connectivity index is 2.32. The van der Waals surface area contributed by atoms with Crippen molar-refractivity contribution in [3.8, 4) is 0 Å². The molecule has 0 atom stereocenters. The van der Waals surface area contributed by atoms with Crippen LogP contribution < -0.4 is 4.83 Å². The summed E-state index contributed by atoms with van der Waals surface area (Å²) in [6, 6.07) is 8.21. The second-order valence-corrected chi connectivity index (χ2v) is 7.26. The van der Waals surface area contributed by atoms with E-state index in [0.29, 0.717) is 11.1 Å². The van der Waals surface area contributed by atoms with Crippen LogP contribution in [-0.4, -0.2) is 14.6 Å². The molecule has 0 heterocycles. The van der Waals surface area contributed by atoms with Crippen LogP contribution in [0, 0.1) is 20.8 Å². The van der Waals surface area contributed by atoms with Crippen LogP contribution in [0.2, 0.25) is 0 Å². The Labute approximate surface area is 144 Å². The van der Waals surface area contributed by atoms with Crippen LogP contribution in [0.25, 0.3) is 0 Å². The summed E-state index contributed by atoms with van der Waals surface area (Å²) in [6.45, 7) is 5.14. The zero-order valence-corrected chi connectivity index (χ0v) is 14.7. The molecule has 0 aliphatic rings. The van der Waals surface area contributed by atoms with E-state index < -0.39 is 21.8 Å². The Hall–Kier alpha value is -2.35. The van der Waals surface area contributed by atoms with E-state index in [1.807, 2.05) is 11.8 Å². The lowest BCUT2D eigenvalue weighted by Gasteiger charge is -2.12. The quantitative estimate of drug-likeness (QED) is 0.655. The van der Waals surface area contributed by atoms with Gasteiger partial charge in [0.15, 0.2) is 0 Å². The molecule has 25 heavy (non-hydrogen) atoms. The molecular weight excluding hydrogens is 353 g/mol. The summed E-state index contributed by atoms with van der Waals surface area (Å²) in [5.74, 6) is 0. The molecule has 0 spiro atoms. The van der Waals surface area contributed by atoms with Crippen LogP contribution in [0.3, 0.4) is 0 Å². The third-order valence-corrected chi connectivity index (χ3v) is 5.04. The third-order valence-electron chi connectivity index (χ3n) is 3.52. The molecule has 0 fully saturated rings. The Bertz CT molecular complexity index is 897. The van der Waals surface area contributed by atoms with Crippen LogP contribution in [-0.2, 0) is 16.2 Å². The van der Waals surface area contributed by atoms with Gasteiger partial charge in [-0.1, -0.05) is 35.9 Å². The van der Waals surface area contributed by atoms with Crippen LogP contribution >= 0.6 is 0 Å². The molecule has 0 aliphatic heterocycles. The molecule has 2 aromatic rings. The van der Waals surface area contributed by atoms with E-state index >= 15 is 0 Å². The number of hydrogen-bond donors (Lipinski definition) is 1. The highest BCUT2D eigenvalue weighted by atomic mass is 32.2. The van der Waals surface area contributed by atoms with E-state index in [-0.39, 0.29) is 10.5 Å². The predicted molar refractivity (Wildman–Crippen MR) is 90.0 cm³/mol.